The molecule has 2 aromatic heterocycles. The molecule has 0 bridgehead atoms. The fraction of sp³-hybridized carbons (Fsp3) is 0.423. The van der Waals surface area contributed by atoms with Crippen LogP contribution in [0.3, 0.4) is 0 Å². The lowest BCUT2D eigenvalue weighted by atomic mass is 9.93. The summed E-state index contributed by atoms with van der Waals surface area (Å²) in [5.41, 5.74) is 1.68. The maximum Gasteiger partial charge on any atom is 0.251 e. The van der Waals surface area contributed by atoms with Gasteiger partial charge in [-0.3, -0.25) is 9.69 Å². The van der Waals surface area contributed by atoms with Gasteiger partial charge >= 0.3 is 0 Å². The van der Waals surface area contributed by atoms with Crippen molar-refractivity contribution in [2.24, 2.45) is 0 Å². The first-order chi connectivity index (χ1) is 18.0. The number of carbonyl (C=O) groups excluding carboxylic acids is 1. The molecule has 3 heterocycles. The third-order valence-corrected chi connectivity index (χ3v) is 7.17. The van der Waals surface area contributed by atoms with Crippen molar-refractivity contribution in [1.82, 2.24) is 20.2 Å². The summed E-state index contributed by atoms with van der Waals surface area (Å²) in [5.74, 6) is 0.752. The number of oxazole rings is 1. The summed E-state index contributed by atoms with van der Waals surface area (Å²) >= 11 is 6.52. The first kappa shape index (κ1) is 25.4. The molecule has 5 rings (SSSR count). The SMILES string of the molecule is O=C(NC[C@H](O)CN1CCc2c(Cl)c(OCc3cnco3)cc(F)c2C1)c1ccnc(NC2CCC2)c1. The number of amides is 1. The summed E-state index contributed by atoms with van der Waals surface area (Å²) in [6.07, 6.45) is 7.54. The van der Waals surface area contributed by atoms with Gasteiger partial charge in [0.1, 0.15) is 24.0 Å². The minimum Gasteiger partial charge on any atom is -0.484 e. The number of hydrogen-bond donors (Lipinski definition) is 3. The second-order valence-electron chi connectivity index (χ2n) is 9.43. The Morgan fingerprint density at radius 3 is 2.97 bits per heavy atom. The van der Waals surface area contributed by atoms with Crippen LogP contribution in [0.4, 0.5) is 10.2 Å². The van der Waals surface area contributed by atoms with E-state index in [1.807, 2.05) is 4.90 Å². The van der Waals surface area contributed by atoms with Gasteiger partial charge < -0.3 is 24.9 Å². The first-order valence-electron chi connectivity index (χ1n) is 12.4. The number of carbonyl (C=O) groups is 1. The molecule has 1 aliphatic carbocycles. The van der Waals surface area contributed by atoms with Crippen molar-refractivity contribution >= 4 is 23.3 Å². The van der Waals surface area contributed by atoms with Crippen molar-refractivity contribution in [2.75, 3.05) is 25.0 Å². The summed E-state index contributed by atoms with van der Waals surface area (Å²) in [6, 6.07) is 5.06. The largest absolute Gasteiger partial charge is 0.484 e. The Kier molecular flexibility index (Phi) is 7.87. The maximum atomic E-state index is 14.9. The van der Waals surface area contributed by atoms with E-state index in [2.05, 4.69) is 20.6 Å². The summed E-state index contributed by atoms with van der Waals surface area (Å²) < 4.78 is 25.7. The Labute approximate surface area is 219 Å². The van der Waals surface area contributed by atoms with E-state index in [9.17, 15) is 14.3 Å². The molecule has 1 saturated carbocycles. The van der Waals surface area contributed by atoms with Gasteiger partial charge in [-0.1, -0.05) is 11.6 Å². The standard InChI is InChI=1S/C26H29ClFN5O4/c27-25-20-5-7-33(13-21(20)22(28)9-23(25)36-14-19-11-29-15-37-19)12-18(34)10-31-26(35)16-4-6-30-24(8-16)32-17-2-1-3-17/h4,6,8-9,11,15,17-18,34H,1-3,5,7,10,12-14H2,(H,30,32)(H,31,35)/t18-/m0/s1. The van der Waals surface area contributed by atoms with Crippen LogP contribution in [-0.2, 0) is 19.6 Å². The predicted molar refractivity (Wildman–Crippen MR) is 135 cm³/mol. The molecule has 0 unspecified atom stereocenters. The number of aromatic nitrogens is 2. The monoisotopic (exact) mass is 529 g/mol. The molecular weight excluding hydrogens is 501 g/mol. The third-order valence-electron chi connectivity index (χ3n) is 6.75. The summed E-state index contributed by atoms with van der Waals surface area (Å²) in [5, 5.41) is 17.0. The van der Waals surface area contributed by atoms with Gasteiger partial charge in [0.25, 0.3) is 5.91 Å². The van der Waals surface area contributed by atoms with E-state index in [-0.39, 0.29) is 31.4 Å². The Morgan fingerprint density at radius 2 is 2.22 bits per heavy atom. The van der Waals surface area contributed by atoms with E-state index in [1.54, 1.807) is 18.3 Å². The van der Waals surface area contributed by atoms with Gasteiger partial charge in [-0.15, -0.1) is 0 Å². The number of anilines is 1. The molecule has 1 amide bonds. The van der Waals surface area contributed by atoms with Crippen LogP contribution in [0.2, 0.25) is 5.02 Å². The number of β-amino-alcohol motifs (C(OH)–C–C–N with tert-alkyl or cyclic N) is 1. The predicted octanol–water partition coefficient (Wildman–Crippen LogP) is 3.55. The number of benzene rings is 1. The normalized spacial score (nSPS) is 16.5. The maximum absolute atomic E-state index is 14.9. The highest BCUT2D eigenvalue weighted by Crippen LogP contribution is 2.36. The zero-order valence-electron chi connectivity index (χ0n) is 20.3. The van der Waals surface area contributed by atoms with Gasteiger partial charge in [-0.25, -0.2) is 14.4 Å². The number of hydrogen-bond acceptors (Lipinski definition) is 8. The lowest BCUT2D eigenvalue weighted by Gasteiger charge is -2.31. The van der Waals surface area contributed by atoms with Crippen molar-refractivity contribution in [3.63, 3.8) is 0 Å². The van der Waals surface area contributed by atoms with Crippen LogP contribution in [0, 0.1) is 5.82 Å². The number of nitrogens with zero attached hydrogens (tertiary/aromatic N) is 3. The van der Waals surface area contributed by atoms with Crippen LogP contribution in [-0.4, -0.2) is 57.7 Å². The van der Waals surface area contributed by atoms with Crippen LogP contribution < -0.4 is 15.4 Å². The molecule has 0 saturated heterocycles. The third kappa shape index (κ3) is 6.20. The molecule has 3 N–H and O–H groups in total. The van der Waals surface area contributed by atoms with Gasteiger partial charge in [0.15, 0.2) is 12.2 Å². The van der Waals surface area contributed by atoms with Crippen molar-refractivity contribution in [3.05, 3.63) is 70.3 Å². The van der Waals surface area contributed by atoms with Gasteiger partial charge in [0.2, 0.25) is 0 Å². The van der Waals surface area contributed by atoms with Crippen LogP contribution in [0.25, 0.3) is 0 Å². The summed E-state index contributed by atoms with van der Waals surface area (Å²) in [7, 11) is 0. The van der Waals surface area contributed by atoms with Crippen molar-refractivity contribution < 1.29 is 23.4 Å². The molecule has 3 aromatic rings. The van der Waals surface area contributed by atoms with E-state index >= 15 is 0 Å². The Bertz CT molecular complexity index is 1240. The minimum atomic E-state index is -0.817. The molecule has 0 spiro atoms. The van der Waals surface area contributed by atoms with Gasteiger partial charge in [-0.2, -0.15) is 0 Å². The Morgan fingerprint density at radius 1 is 1.35 bits per heavy atom. The fourth-order valence-corrected chi connectivity index (χ4v) is 4.82. The number of ether oxygens (including phenoxy) is 1. The molecule has 1 aromatic carbocycles. The van der Waals surface area contributed by atoms with Crippen molar-refractivity contribution in [2.45, 2.75) is 51.0 Å². The number of aliphatic hydroxyl groups excluding tert-OH is 1. The molecule has 1 fully saturated rings. The topological polar surface area (TPSA) is 113 Å². The number of halogens is 2. The molecule has 2 aliphatic rings. The fourth-order valence-electron chi connectivity index (χ4n) is 4.51. The molecule has 9 nitrogen and oxygen atoms in total. The molecular formula is C26H29ClFN5O4. The average Bonchev–Trinajstić information content (AvgIpc) is 3.40. The van der Waals surface area contributed by atoms with Crippen molar-refractivity contribution in [1.29, 1.82) is 0 Å². The second-order valence-corrected chi connectivity index (χ2v) is 9.81. The molecule has 11 heteroatoms. The minimum absolute atomic E-state index is 0.0769. The number of rotatable bonds is 10. The molecule has 1 aliphatic heterocycles. The number of pyridine rings is 1. The highest BCUT2D eigenvalue weighted by molar-refractivity contribution is 6.33. The first-order valence-corrected chi connectivity index (χ1v) is 12.7. The highest BCUT2D eigenvalue weighted by atomic mass is 35.5. The second kappa shape index (κ2) is 11.5. The zero-order chi connectivity index (χ0) is 25.8. The Hall–Kier alpha value is -3.21. The number of fused-ring (bicyclic) bond motifs is 1. The highest BCUT2D eigenvalue weighted by Gasteiger charge is 2.26. The Balaban J connectivity index is 1.13. The van der Waals surface area contributed by atoms with Crippen LogP contribution >= 0.6 is 11.6 Å². The van der Waals surface area contributed by atoms with E-state index in [0.717, 1.165) is 12.8 Å². The lowest BCUT2D eigenvalue weighted by molar-refractivity contribution is 0.0839. The van der Waals surface area contributed by atoms with Gasteiger partial charge in [-0.05, 0) is 43.4 Å². The van der Waals surface area contributed by atoms with Gasteiger partial charge in [0, 0.05) is 55.6 Å². The van der Waals surface area contributed by atoms with Crippen molar-refractivity contribution in [3.8, 4) is 5.75 Å². The molecule has 196 valence electrons. The molecule has 1 atom stereocenters. The average molecular weight is 530 g/mol. The van der Waals surface area contributed by atoms with Crippen LogP contribution in [0.5, 0.6) is 5.75 Å². The van der Waals surface area contributed by atoms with E-state index < -0.39 is 11.9 Å². The van der Waals surface area contributed by atoms with Crippen LogP contribution in [0.1, 0.15) is 46.5 Å². The molecule has 0 radical (unpaired) electrons. The summed E-state index contributed by atoms with van der Waals surface area (Å²) in [4.78, 5) is 22.6. The smallest absolute Gasteiger partial charge is 0.251 e. The molecule has 37 heavy (non-hydrogen) atoms. The number of aliphatic hydroxyl groups is 1. The van der Waals surface area contributed by atoms with Crippen LogP contribution in [0.15, 0.2) is 41.4 Å². The van der Waals surface area contributed by atoms with E-state index in [0.29, 0.717) is 58.8 Å². The van der Waals surface area contributed by atoms with E-state index in [1.165, 1.54) is 25.1 Å². The van der Waals surface area contributed by atoms with E-state index in [4.69, 9.17) is 20.8 Å². The quantitative estimate of drug-likeness (QED) is 0.365. The number of nitrogens with one attached hydrogen (secondary N) is 2. The van der Waals surface area contributed by atoms with Gasteiger partial charge in [0.05, 0.1) is 17.3 Å². The summed E-state index contributed by atoms with van der Waals surface area (Å²) in [6.45, 7) is 1.34. The lowest BCUT2D eigenvalue weighted by Crippen LogP contribution is -2.42. The zero-order valence-corrected chi connectivity index (χ0v) is 21.0.